The van der Waals surface area contributed by atoms with E-state index in [9.17, 15) is 5.11 Å². The average molecular weight is 247 g/mol. The first-order valence-corrected chi connectivity index (χ1v) is 5.82. The van der Waals surface area contributed by atoms with Crippen LogP contribution < -0.4 is 4.74 Å². The van der Waals surface area contributed by atoms with Gasteiger partial charge in [-0.2, -0.15) is 5.10 Å². The van der Waals surface area contributed by atoms with Gasteiger partial charge in [-0.15, -0.1) is 0 Å². The summed E-state index contributed by atoms with van der Waals surface area (Å²) < 4.78 is 7.37. The van der Waals surface area contributed by atoms with Crippen LogP contribution in [-0.4, -0.2) is 19.9 Å². The van der Waals surface area contributed by atoms with Gasteiger partial charge in [0.15, 0.2) is 5.82 Å². The fourth-order valence-corrected chi connectivity index (χ4v) is 1.69. The highest BCUT2D eigenvalue weighted by Crippen LogP contribution is 2.23. The maximum atomic E-state index is 9.49. The van der Waals surface area contributed by atoms with E-state index in [4.69, 9.17) is 4.74 Å². The molecule has 0 bridgehead atoms. The molecule has 1 atom stereocenters. The van der Waals surface area contributed by atoms with Gasteiger partial charge in [-0.3, -0.25) is 4.68 Å². The molecular weight excluding hydrogens is 230 g/mol. The summed E-state index contributed by atoms with van der Waals surface area (Å²) in [6.07, 6.45) is 1.04. The molecule has 1 aromatic carbocycles. The van der Waals surface area contributed by atoms with E-state index in [1.807, 2.05) is 32.2 Å². The van der Waals surface area contributed by atoms with E-state index in [0.717, 1.165) is 22.7 Å². The normalized spacial score (nSPS) is 12.4. The quantitative estimate of drug-likeness (QED) is 0.894. The number of hydrogen-bond donors (Lipinski definition) is 1. The number of hydrogen-bond acceptors (Lipinski definition) is 4. The van der Waals surface area contributed by atoms with Crippen LogP contribution in [0.2, 0.25) is 0 Å². The van der Waals surface area contributed by atoms with Crippen molar-refractivity contribution in [3.05, 3.63) is 41.5 Å². The lowest BCUT2D eigenvalue weighted by Gasteiger charge is -2.11. The Balaban J connectivity index is 2.08. The Labute approximate surface area is 106 Å². The molecule has 5 nitrogen and oxygen atoms in total. The van der Waals surface area contributed by atoms with Gasteiger partial charge in [0.25, 0.3) is 0 Å². The monoisotopic (exact) mass is 247 g/mol. The molecule has 0 amide bonds. The number of rotatable bonds is 4. The molecule has 0 aliphatic heterocycles. The van der Waals surface area contributed by atoms with Crippen molar-refractivity contribution >= 4 is 0 Å². The molecule has 0 saturated carbocycles. The van der Waals surface area contributed by atoms with Crippen molar-refractivity contribution in [1.82, 2.24) is 14.8 Å². The van der Waals surface area contributed by atoms with E-state index < -0.39 is 6.10 Å². The van der Waals surface area contributed by atoms with Crippen LogP contribution in [0.3, 0.4) is 0 Å². The standard InChI is InChI=1S/C13H17N3O2/c1-9-6-11(10(2)17)4-5-12(9)18-7-13-14-8-15-16(13)3/h4-6,8,10,17H,7H2,1-3H3/t10-/m0/s1. The van der Waals surface area contributed by atoms with Gasteiger partial charge >= 0.3 is 0 Å². The zero-order valence-corrected chi connectivity index (χ0v) is 10.8. The van der Waals surface area contributed by atoms with Crippen LogP contribution in [-0.2, 0) is 13.7 Å². The van der Waals surface area contributed by atoms with Crippen molar-refractivity contribution in [2.24, 2.45) is 7.05 Å². The Morgan fingerprint density at radius 1 is 1.44 bits per heavy atom. The van der Waals surface area contributed by atoms with E-state index in [-0.39, 0.29) is 0 Å². The van der Waals surface area contributed by atoms with Crippen LogP contribution in [0.15, 0.2) is 24.5 Å². The average Bonchev–Trinajstić information content (AvgIpc) is 2.73. The minimum absolute atomic E-state index is 0.380. The van der Waals surface area contributed by atoms with Crippen LogP contribution in [0.5, 0.6) is 5.75 Å². The summed E-state index contributed by atoms with van der Waals surface area (Å²) in [5.41, 5.74) is 1.88. The summed E-state index contributed by atoms with van der Waals surface area (Å²) in [5, 5.41) is 13.5. The summed E-state index contributed by atoms with van der Waals surface area (Å²) in [4.78, 5) is 4.09. The Kier molecular flexibility index (Phi) is 3.62. The third-order valence-corrected chi connectivity index (χ3v) is 2.84. The molecule has 0 saturated heterocycles. The first-order valence-electron chi connectivity index (χ1n) is 5.82. The van der Waals surface area contributed by atoms with Gasteiger partial charge in [-0.1, -0.05) is 6.07 Å². The molecule has 1 heterocycles. The fraction of sp³-hybridized carbons (Fsp3) is 0.385. The molecule has 0 spiro atoms. The third kappa shape index (κ3) is 2.68. The molecule has 18 heavy (non-hydrogen) atoms. The summed E-state index contributed by atoms with van der Waals surface area (Å²) in [6, 6.07) is 5.66. The lowest BCUT2D eigenvalue weighted by molar-refractivity contribution is 0.199. The number of benzene rings is 1. The second-order valence-corrected chi connectivity index (χ2v) is 4.29. The zero-order chi connectivity index (χ0) is 13.1. The lowest BCUT2D eigenvalue weighted by Crippen LogP contribution is -2.05. The SMILES string of the molecule is Cc1cc([C@H](C)O)ccc1OCc1ncnn1C. The maximum Gasteiger partial charge on any atom is 0.164 e. The van der Waals surface area contributed by atoms with E-state index >= 15 is 0 Å². The van der Waals surface area contributed by atoms with Crippen LogP contribution in [0.4, 0.5) is 0 Å². The third-order valence-electron chi connectivity index (χ3n) is 2.84. The molecule has 0 radical (unpaired) electrons. The molecule has 0 unspecified atom stereocenters. The first-order chi connectivity index (χ1) is 8.58. The van der Waals surface area contributed by atoms with Gasteiger partial charge in [0.05, 0.1) is 6.10 Å². The van der Waals surface area contributed by atoms with Crippen molar-refractivity contribution in [1.29, 1.82) is 0 Å². The van der Waals surface area contributed by atoms with Crippen molar-refractivity contribution < 1.29 is 9.84 Å². The minimum Gasteiger partial charge on any atom is -0.485 e. The highest BCUT2D eigenvalue weighted by Gasteiger charge is 2.07. The van der Waals surface area contributed by atoms with Crippen LogP contribution in [0, 0.1) is 6.92 Å². The Morgan fingerprint density at radius 3 is 2.78 bits per heavy atom. The highest BCUT2D eigenvalue weighted by molar-refractivity contribution is 5.36. The largest absolute Gasteiger partial charge is 0.485 e. The van der Waals surface area contributed by atoms with E-state index in [2.05, 4.69) is 10.1 Å². The zero-order valence-electron chi connectivity index (χ0n) is 10.8. The number of aliphatic hydroxyl groups excluding tert-OH is 1. The molecule has 1 N–H and O–H groups in total. The molecule has 2 aromatic rings. The lowest BCUT2D eigenvalue weighted by atomic mass is 10.1. The van der Waals surface area contributed by atoms with E-state index in [1.54, 1.807) is 11.6 Å². The van der Waals surface area contributed by atoms with Crippen LogP contribution in [0.1, 0.15) is 30.0 Å². The van der Waals surface area contributed by atoms with Gasteiger partial charge < -0.3 is 9.84 Å². The second-order valence-electron chi connectivity index (χ2n) is 4.29. The number of aliphatic hydroxyl groups is 1. The summed E-state index contributed by atoms with van der Waals surface area (Å²) >= 11 is 0. The fourth-order valence-electron chi connectivity index (χ4n) is 1.69. The number of ether oxygens (including phenoxy) is 1. The van der Waals surface area contributed by atoms with Gasteiger partial charge in [0.1, 0.15) is 18.7 Å². The van der Waals surface area contributed by atoms with Crippen molar-refractivity contribution in [2.45, 2.75) is 26.6 Å². The summed E-state index contributed by atoms with van der Waals surface area (Å²) in [7, 11) is 1.83. The second kappa shape index (κ2) is 5.18. The first kappa shape index (κ1) is 12.6. The van der Waals surface area contributed by atoms with Crippen molar-refractivity contribution in [3.63, 3.8) is 0 Å². The van der Waals surface area contributed by atoms with Crippen LogP contribution >= 0.6 is 0 Å². The van der Waals surface area contributed by atoms with Crippen molar-refractivity contribution in [3.8, 4) is 5.75 Å². The smallest absolute Gasteiger partial charge is 0.164 e. The molecule has 0 fully saturated rings. The molecule has 2 rings (SSSR count). The minimum atomic E-state index is -0.462. The Hall–Kier alpha value is -1.88. The van der Waals surface area contributed by atoms with Gasteiger partial charge in [0, 0.05) is 7.05 Å². The van der Waals surface area contributed by atoms with Crippen molar-refractivity contribution in [2.75, 3.05) is 0 Å². The Bertz CT molecular complexity index is 535. The summed E-state index contributed by atoms with van der Waals surface area (Å²) in [6.45, 7) is 4.08. The number of aromatic nitrogens is 3. The van der Waals surface area contributed by atoms with Gasteiger partial charge in [-0.05, 0) is 37.1 Å². The molecule has 0 aliphatic carbocycles. The maximum absolute atomic E-state index is 9.49. The van der Waals surface area contributed by atoms with E-state index in [0.29, 0.717) is 6.61 Å². The van der Waals surface area contributed by atoms with Crippen LogP contribution in [0.25, 0.3) is 0 Å². The van der Waals surface area contributed by atoms with E-state index in [1.165, 1.54) is 6.33 Å². The molecule has 1 aromatic heterocycles. The molecule has 5 heteroatoms. The van der Waals surface area contributed by atoms with Gasteiger partial charge in [-0.25, -0.2) is 4.98 Å². The predicted octanol–water partition coefficient (Wildman–Crippen LogP) is 1.76. The Morgan fingerprint density at radius 2 is 2.22 bits per heavy atom. The topological polar surface area (TPSA) is 60.2 Å². The number of nitrogens with zero attached hydrogens (tertiary/aromatic N) is 3. The predicted molar refractivity (Wildman–Crippen MR) is 67.1 cm³/mol. The molecule has 96 valence electrons. The van der Waals surface area contributed by atoms with Gasteiger partial charge in [0.2, 0.25) is 0 Å². The molecular formula is C13H17N3O2. The highest BCUT2D eigenvalue weighted by atomic mass is 16.5. The summed E-state index contributed by atoms with van der Waals surface area (Å²) in [5.74, 6) is 1.57. The number of aryl methyl sites for hydroxylation is 2. The molecule has 0 aliphatic rings.